The Morgan fingerprint density at radius 3 is 2.47 bits per heavy atom. The lowest BCUT2D eigenvalue weighted by molar-refractivity contribution is 0.0517. The fraction of sp³-hybridized carbons (Fsp3) is 0.323. The summed E-state index contributed by atoms with van der Waals surface area (Å²) < 4.78 is 2.17. The molecular formula is C31H31ClN6. The van der Waals surface area contributed by atoms with Crippen molar-refractivity contribution in [2.45, 2.75) is 31.7 Å². The van der Waals surface area contributed by atoms with Crippen LogP contribution in [0.2, 0.25) is 5.15 Å². The first kappa shape index (κ1) is 23.8. The van der Waals surface area contributed by atoms with Crippen molar-refractivity contribution in [3.05, 3.63) is 84.0 Å². The molecule has 0 amide bonds. The molecule has 0 unspecified atom stereocenters. The van der Waals surface area contributed by atoms with Crippen molar-refractivity contribution < 1.29 is 0 Å². The van der Waals surface area contributed by atoms with Gasteiger partial charge in [0.25, 0.3) is 0 Å². The number of imidazole rings is 1. The molecule has 1 saturated heterocycles. The fourth-order valence-corrected chi connectivity index (χ4v) is 6.33. The van der Waals surface area contributed by atoms with E-state index in [2.05, 4.69) is 68.6 Å². The van der Waals surface area contributed by atoms with Crippen LogP contribution in [0.1, 0.15) is 31.5 Å². The molecule has 0 spiro atoms. The molecule has 3 aromatic heterocycles. The van der Waals surface area contributed by atoms with E-state index in [0.29, 0.717) is 17.1 Å². The number of benzene rings is 2. The van der Waals surface area contributed by atoms with Crippen LogP contribution in [-0.4, -0.2) is 67.9 Å². The van der Waals surface area contributed by atoms with Gasteiger partial charge >= 0.3 is 0 Å². The predicted octanol–water partition coefficient (Wildman–Crippen LogP) is 6.15. The molecule has 1 saturated carbocycles. The first-order valence-electron chi connectivity index (χ1n) is 13.6. The van der Waals surface area contributed by atoms with Gasteiger partial charge in [0.05, 0.1) is 16.9 Å². The van der Waals surface area contributed by atoms with Gasteiger partial charge in [0.2, 0.25) is 0 Å². The minimum Gasteiger partial charge on any atom is -0.301 e. The van der Waals surface area contributed by atoms with E-state index in [9.17, 15) is 0 Å². The highest BCUT2D eigenvalue weighted by atomic mass is 35.5. The third-order valence-electron chi connectivity index (χ3n) is 8.42. The van der Waals surface area contributed by atoms with Gasteiger partial charge in [-0.3, -0.25) is 9.30 Å². The summed E-state index contributed by atoms with van der Waals surface area (Å²) in [7, 11) is 0. The number of pyridine rings is 1. The van der Waals surface area contributed by atoms with E-state index >= 15 is 0 Å². The summed E-state index contributed by atoms with van der Waals surface area (Å²) in [6.07, 6.45) is 6.07. The largest absolute Gasteiger partial charge is 0.301 e. The van der Waals surface area contributed by atoms with Gasteiger partial charge in [0, 0.05) is 67.0 Å². The Bertz CT molecular complexity index is 1600. The van der Waals surface area contributed by atoms with Gasteiger partial charge in [0.15, 0.2) is 5.15 Å². The van der Waals surface area contributed by atoms with Crippen molar-refractivity contribution >= 4 is 28.0 Å². The van der Waals surface area contributed by atoms with E-state index < -0.39 is 0 Å². The summed E-state index contributed by atoms with van der Waals surface area (Å²) in [5.74, 6) is 1.51. The van der Waals surface area contributed by atoms with Crippen LogP contribution in [0, 0.1) is 0 Å². The molecule has 0 atom stereocenters. The Morgan fingerprint density at radius 1 is 0.895 bits per heavy atom. The first-order valence-corrected chi connectivity index (χ1v) is 14.0. The van der Waals surface area contributed by atoms with Crippen LogP contribution in [0.4, 0.5) is 0 Å². The molecule has 5 aromatic rings. The topological polar surface area (TPSA) is 49.6 Å². The van der Waals surface area contributed by atoms with Crippen molar-refractivity contribution in [3.63, 3.8) is 0 Å². The van der Waals surface area contributed by atoms with E-state index in [1.807, 2.05) is 24.4 Å². The highest BCUT2D eigenvalue weighted by Crippen LogP contribution is 2.42. The second-order valence-electron chi connectivity index (χ2n) is 10.5. The maximum absolute atomic E-state index is 6.69. The van der Waals surface area contributed by atoms with E-state index in [4.69, 9.17) is 21.6 Å². The second-order valence-corrected chi connectivity index (χ2v) is 10.9. The van der Waals surface area contributed by atoms with E-state index in [0.717, 1.165) is 64.1 Å². The second kappa shape index (κ2) is 9.77. The molecule has 38 heavy (non-hydrogen) atoms. The van der Waals surface area contributed by atoms with Crippen LogP contribution >= 0.6 is 11.6 Å². The van der Waals surface area contributed by atoms with Crippen molar-refractivity contribution in [3.8, 4) is 22.5 Å². The third kappa shape index (κ3) is 4.17. The highest BCUT2D eigenvalue weighted by molar-refractivity contribution is 6.33. The Morgan fingerprint density at radius 2 is 1.68 bits per heavy atom. The number of halogens is 1. The van der Waals surface area contributed by atoms with Gasteiger partial charge in [-0.15, -0.1) is 0 Å². The number of fused-ring (bicyclic) bond motifs is 2. The number of piperazine rings is 1. The lowest BCUT2D eigenvalue weighted by Crippen LogP contribution is -2.53. The van der Waals surface area contributed by atoms with Gasteiger partial charge in [0.1, 0.15) is 11.3 Å². The van der Waals surface area contributed by atoms with Crippen LogP contribution in [0.15, 0.2) is 73.1 Å². The third-order valence-corrected chi connectivity index (χ3v) is 8.70. The first-order chi connectivity index (χ1) is 18.7. The standard InChI is InChI=1S/C31H31ClN6/c1-2-36-14-16-37(17-15-36)25-18-24(19-25)31-35-28(29-30(32)33-12-13-38(29)31)23-9-8-22-10-11-26(34-27(22)20-23)21-6-4-3-5-7-21/h3-13,20,24-25H,2,14-19H2,1H3. The predicted molar refractivity (Wildman–Crippen MR) is 154 cm³/mol. The zero-order valence-corrected chi connectivity index (χ0v) is 22.3. The number of rotatable bonds is 5. The lowest BCUT2D eigenvalue weighted by atomic mass is 9.78. The van der Waals surface area contributed by atoms with Crippen LogP contribution in [0.25, 0.3) is 38.9 Å². The maximum atomic E-state index is 6.69. The quantitative estimate of drug-likeness (QED) is 0.277. The summed E-state index contributed by atoms with van der Waals surface area (Å²) in [5, 5.41) is 1.59. The number of hydrogen-bond acceptors (Lipinski definition) is 5. The summed E-state index contributed by atoms with van der Waals surface area (Å²) in [6, 6.07) is 21.5. The number of hydrogen-bond donors (Lipinski definition) is 0. The molecule has 1 aliphatic heterocycles. The van der Waals surface area contributed by atoms with Gasteiger partial charge < -0.3 is 4.90 Å². The summed E-state index contributed by atoms with van der Waals surface area (Å²) >= 11 is 6.69. The molecule has 2 fully saturated rings. The number of aromatic nitrogens is 4. The normalized spacial score (nSPS) is 20.7. The molecule has 6 nitrogen and oxygen atoms in total. The average Bonchev–Trinajstić information content (AvgIpc) is 3.33. The average molecular weight is 523 g/mol. The van der Waals surface area contributed by atoms with Gasteiger partial charge in [-0.1, -0.05) is 67.1 Å². The Hall–Kier alpha value is -3.32. The molecule has 192 valence electrons. The molecular weight excluding hydrogens is 492 g/mol. The molecule has 0 N–H and O–H groups in total. The van der Waals surface area contributed by atoms with E-state index in [-0.39, 0.29) is 0 Å². The van der Waals surface area contributed by atoms with Gasteiger partial charge in [-0.2, -0.15) is 0 Å². The van der Waals surface area contributed by atoms with Crippen LogP contribution in [0.5, 0.6) is 0 Å². The molecule has 4 heterocycles. The summed E-state index contributed by atoms with van der Waals surface area (Å²) in [6.45, 7) is 8.10. The van der Waals surface area contributed by atoms with Crippen LogP contribution < -0.4 is 0 Å². The molecule has 0 radical (unpaired) electrons. The number of likely N-dealkylation sites (N-methyl/N-ethyl adjacent to an activating group) is 1. The van der Waals surface area contributed by atoms with Crippen LogP contribution in [-0.2, 0) is 0 Å². The smallest absolute Gasteiger partial charge is 0.155 e. The van der Waals surface area contributed by atoms with Gasteiger partial charge in [-0.25, -0.2) is 15.0 Å². The van der Waals surface area contributed by atoms with E-state index in [1.165, 1.54) is 26.2 Å². The monoisotopic (exact) mass is 522 g/mol. The van der Waals surface area contributed by atoms with Gasteiger partial charge in [-0.05, 0) is 31.5 Å². The molecule has 7 rings (SSSR count). The molecule has 2 aromatic carbocycles. The highest BCUT2D eigenvalue weighted by Gasteiger charge is 2.38. The lowest BCUT2D eigenvalue weighted by Gasteiger charge is -2.46. The Balaban J connectivity index is 1.22. The number of nitrogens with zero attached hydrogens (tertiary/aromatic N) is 6. The van der Waals surface area contributed by atoms with Crippen molar-refractivity contribution in [2.24, 2.45) is 0 Å². The molecule has 7 heteroatoms. The van der Waals surface area contributed by atoms with Crippen molar-refractivity contribution in [1.82, 2.24) is 29.2 Å². The molecule has 0 bridgehead atoms. The summed E-state index contributed by atoms with van der Waals surface area (Å²) in [4.78, 5) is 19.8. The van der Waals surface area contributed by atoms with E-state index in [1.54, 1.807) is 6.20 Å². The zero-order chi connectivity index (χ0) is 25.6. The minimum absolute atomic E-state index is 0.423. The van der Waals surface area contributed by atoms with Crippen molar-refractivity contribution in [2.75, 3.05) is 32.7 Å². The fourth-order valence-electron chi connectivity index (χ4n) is 6.09. The Kier molecular flexibility index (Phi) is 6.11. The maximum Gasteiger partial charge on any atom is 0.155 e. The molecule has 1 aliphatic carbocycles. The Labute approximate surface area is 227 Å². The van der Waals surface area contributed by atoms with Crippen LogP contribution in [0.3, 0.4) is 0 Å². The summed E-state index contributed by atoms with van der Waals surface area (Å²) in [5.41, 5.74) is 5.79. The molecule has 2 aliphatic rings. The minimum atomic E-state index is 0.423. The van der Waals surface area contributed by atoms with Crippen molar-refractivity contribution in [1.29, 1.82) is 0 Å². The zero-order valence-electron chi connectivity index (χ0n) is 21.6. The SMILES string of the molecule is CCN1CCN(C2CC(c3nc(-c4ccc5ccc(-c6ccccc6)nc5c4)c4c(Cl)nccn34)C2)CC1.